The molecule has 0 saturated heterocycles. The Morgan fingerprint density at radius 2 is 2.23 bits per heavy atom. The van der Waals surface area contributed by atoms with Gasteiger partial charge < -0.3 is 15.2 Å². The smallest absolute Gasteiger partial charge is 0.223 e. The van der Waals surface area contributed by atoms with Crippen LogP contribution in [0.4, 0.5) is 4.39 Å². The van der Waals surface area contributed by atoms with Crippen molar-refractivity contribution in [2.45, 2.75) is 19.1 Å². The zero-order chi connectivity index (χ0) is 15.9. The maximum atomic E-state index is 13.1. The number of hydrogen-bond acceptors (Lipinski definition) is 4. The molecule has 0 aliphatic rings. The van der Waals surface area contributed by atoms with Gasteiger partial charge in [-0.25, -0.2) is 9.37 Å². The van der Waals surface area contributed by atoms with Crippen LogP contribution in [0.15, 0.2) is 42.6 Å². The maximum absolute atomic E-state index is 13.1. The summed E-state index contributed by atoms with van der Waals surface area (Å²) in [6.07, 6.45) is 0.413. The fourth-order valence-electron chi connectivity index (χ4n) is 1.95. The molecule has 1 unspecified atom stereocenters. The number of carbonyl (C=O) groups is 1. The van der Waals surface area contributed by atoms with Gasteiger partial charge in [0.2, 0.25) is 11.8 Å². The number of pyridine rings is 1. The summed E-state index contributed by atoms with van der Waals surface area (Å²) in [7, 11) is 1.51. The van der Waals surface area contributed by atoms with Crippen molar-refractivity contribution in [2.24, 2.45) is 0 Å². The Morgan fingerprint density at radius 3 is 2.95 bits per heavy atom. The molecule has 0 saturated carbocycles. The fraction of sp³-hybridized carbons (Fsp3) is 0.250. The normalized spacial score (nSPS) is 11.8. The minimum Gasteiger partial charge on any atom is -0.481 e. The Hall–Kier alpha value is -2.47. The third-order valence-electron chi connectivity index (χ3n) is 3.11. The summed E-state index contributed by atoms with van der Waals surface area (Å²) in [4.78, 5) is 15.8. The van der Waals surface area contributed by atoms with Gasteiger partial charge in [-0.2, -0.15) is 0 Å². The Morgan fingerprint density at radius 1 is 1.41 bits per heavy atom. The lowest BCUT2D eigenvalue weighted by Crippen LogP contribution is -2.24. The van der Waals surface area contributed by atoms with Crippen LogP contribution >= 0.6 is 0 Å². The number of carbonyl (C=O) groups excluding carboxylic acids is 1. The number of nitrogens with one attached hydrogen (secondary N) is 1. The second-order valence-electron chi connectivity index (χ2n) is 4.76. The molecule has 6 heteroatoms. The summed E-state index contributed by atoms with van der Waals surface area (Å²) in [5, 5.41) is 12.6. The molecule has 1 aromatic heterocycles. The summed E-state index contributed by atoms with van der Waals surface area (Å²) >= 11 is 0. The van der Waals surface area contributed by atoms with Crippen LogP contribution in [0.5, 0.6) is 5.88 Å². The standard InChI is InChI=1S/C16H17FN2O3/c1-22-16-7-11(5-6-18-16)10-19-15(21)9-14(20)12-3-2-4-13(17)8-12/h2-8,14,20H,9-10H2,1H3,(H,19,21). The monoisotopic (exact) mass is 304 g/mol. The number of hydrogen-bond donors (Lipinski definition) is 2. The van der Waals surface area contributed by atoms with Crippen molar-refractivity contribution in [3.8, 4) is 5.88 Å². The van der Waals surface area contributed by atoms with Crippen molar-refractivity contribution >= 4 is 5.91 Å². The Labute approximate surface area is 127 Å². The molecule has 0 radical (unpaired) electrons. The van der Waals surface area contributed by atoms with E-state index in [4.69, 9.17) is 4.74 Å². The third kappa shape index (κ3) is 4.53. The van der Waals surface area contributed by atoms with Crippen molar-refractivity contribution in [1.29, 1.82) is 0 Å². The van der Waals surface area contributed by atoms with E-state index in [0.29, 0.717) is 18.0 Å². The number of methoxy groups -OCH3 is 1. The largest absolute Gasteiger partial charge is 0.481 e. The van der Waals surface area contributed by atoms with Crippen LogP contribution < -0.4 is 10.1 Å². The number of aliphatic hydroxyl groups is 1. The molecular weight excluding hydrogens is 287 g/mol. The molecule has 0 aliphatic heterocycles. The van der Waals surface area contributed by atoms with E-state index < -0.39 is 11.9 Å². The van der Waals surface area contributed by atoms with Crippen molar-refractivity contribution < 1.29 is 19.0 Å². The number of halogens is 1. The number of amides is 1. The summed E-state index contributed by atoms with van der Waals surface area (Å²) in [6, 6.07) is 9.04. The lowest BCUT2D eigenvalue weighted by Gasteiger charge is -2.11. The predicted molar refractivity (Wildman–Crippen MR) is 78.6 cm³/mol. The lowest BCUT2D eigenvalue weighted by atomic mass is 10.1. The molecule has 2 aromatic rings. The molecule has 1 amide bonds. The van der Waals surface area contributed by atoms with Crippen LogP contribution in [0.2, 0.25) is 0 Å². The highest BCUT2D eigenvalue weighted by Gasteiger charge is 2.13. The second kappa shape index (κ2) is 7.51. The average molecular weight is 304 g/mol. The number of benzene rings is 1. The molecular formula is C16H17FN2O3. The van der Waals surface area contributed by atoms with Crippen molar-refractivity contribution in [3.63, 3.8) is 0 Å². The van der Waals surface area contributed by atoms with E-state index in [9.17, 15) is 14.3 Å². The van der Waals surface area contributed by atoms with Crippen LogP contribution in [0.25, 0.3) is 0 Å². The van der Waals surface area contributed by atoms with E-state index in [-0.39, 0.29) is 12.3 Å². The van der Waals surface area contributed by atoms with Crippen molar-refractivity contribution in [3.05, 3.63) is 59.5 Å². The number of aromatic nitrogens is 1. The molecule has 0 spiro atoms. The van der Waals surface area contributed by atoms with E-state index in [1.54, 1.807) is 24.4 Å². The summed E-state index contributed by atoms with van der Waals surface area (Å²) < 4.78 is 18.1. The van der Waals surface area contributed by atoms with Crippen LogP contribution in [0, 0.1) is 5.82 Å². The summed E-state index contributed by atoms with van der Waals surface area (Å²) in [5.41, 5.74) is 1.21. The summed E-state index contributed by atoms with van der Waals surface area (Å²) in [6.45, 7) is 0.299. The van der Waals surface area contributed by atoms with Crippen molar-refractivity contribution in [1.82, 2.24) is 10.3 Å². The van der Waals surface area contributed by atoms with E-state index in [1.807, 2.05) is 0 Å². The van der Waals surface area contributed by atoms with Crippen LogP contribution in [0.1, 0.15) is 23.7 Å². The number of ether oxygens (including phenoxy) is 1. The fourth-order valence-corrected chi connectivity index (χ4v) is 1.95. The zero-order valence-electron chi connectivity index (χ0n) is 12.1. The minimum atomic E-state index is -1.04. The first-order valence-corrected chi connectivity index (χ1v) is 6.77. The van der Waals surface area contributed by atoms with Gasteiger partial charge in [-0.15, -0.1) is 0 Å². The maximum Gasteiger partial charge on any atom is 0.223 e. The van der Waals surface area contributed by atoms with E-state index >= 15 is 0 Å². The second-order valence-corrected chi connectivity index (χ2v) is 4.76. The molecule has 2 N–H and O–H groups in total. The molecule has 0 fully saturated rings. The quantitative estimate of drug-likeness (QED) is 0.856. The zero-order valence-corrected chi connectivity index (χ0v) is 12.1. The summed E-state index contributed by atoms with van der Waals surface area (Å²) in [5.74, 6) is -0.306. The molecule has 116 valence electrons. The Kier molecular flexibility index (Phi) is 5.43. The van der Waals surface area contributed by atoms with Gasteiger partial charge in [-0.1, -0.05) is 12.1 Å². The van der Waals surface area contributed by atoms with E-state index in [2.05, 4.69) is 10.3 Å². The van der Waals surface area contributed by atoms with Crippen LogP contribution in [-0.2, 0) is 11.3 Å². The molecule has 1 atom stereocenters. The molecule has 0 bridgehead atoms. The average Bonchev–Trinajstić information content (AvgIpc) is 2.53. The molecule has 2 rings (SSSR count). The van der Waals surface area contributed by atoms with Crippen molar-refractivity contribution in [2.75, 3.05) is 7.11 Å². The highest BCUT2D eigenvalue weighted by molar-refractivity contribution is 5.76. The first-order valence-electron chi connectivity index (χ1n) is 6.77. The SMILES string of the molecule is COc1cc(CNC(=O)CC(O)c2cccc(F)c2)ccn1. The van der Waals surface area contributed by atoms with Crippen LogP contribution in [0.3, 0.4) is 0 Å². The van der Waals surface area contributed by atoms with Gasteiger partial charge in [0.1, 0.15) is 5.82 Å². The molecule has 1 aromatic carbocycles. The van der Waals surface area contributed by atoms with Gasteiger partial charge in [0.15, 0.2) is 0 Å². The first kappa shape index (κ1) is 15.9. The van der Waals surface area contributed by atoms with Crippen LogP contribution in [-0.4, -0.2) is 23.1 Å². The van der Waals surface area contributed by atoms with Gasteiger partial charge >= 0.3 is 0 Å². The number of aliphatic hydroxyl groups excluding tert-OH is 1. The first-order chi connectivity index (χ1) is 10.6. The van der Waals surface area contributed by atoms with Gasteiger partial charge in [0, 0.05) is 18.8 Å². The van der Waals surface area contributed by atoms with Gasteiger partial charge in [0.05, 0.1) is 19.6 Å². The van der Waals surface area contributed by atoms with Gasteiger partial charge in [-0.05, 0) is 29.3 Å². The van der Waals surface area contributed by atoms with E-state index in [0.717, 1.165) is 5.56 Å². The third-order valence-corrected chi connectivity index (χ3v) is 3.11. The van der Waals surface area contributed by atoms with E-state index in [1.165, 1.54) is 25.3 Å². The molecule has 0 aliphatic carbocycles. The predicted octanol–water partition coefficient (Wildman–Crippen LogP) is 1.97. The Bertz CT molecular complexity index is 649. The van der Waals surface area contributed by atoms with Gasteiger partial charge in [0.25, 0.3) is 0 Å². The van der Waals surface area contributed by atoms with Gasteiger partial charge in [-0.3, -0.25) is 4.79 Å². The topological polar surface area (TPSA) is 71.5 Å². The highest BCUT2D eigenvalue weighted by atomic mass is 19.1. The lowest BCUT2D eigenvalue weighted by molar-refractivity contribution is -0.123. The molecule has 1 heterocycles. The Balaban J connectivity index is 1.87. The highest BCUT2D eigenvalue weighted by Crippen LogP contribution is 2.17. The minimum absolute atomic E-state index is 0.133. The molecule has 22 heavy (non-hydrogen) atoms. The molecule has 5 nitrogen and oxygen atoms in total. The number of rotatable bonds is 6. The number of nitrogens with zero attached hydrogens (tertiary/aromatic N) is 1.